The fraction of sp³-hybridized carbons (Fsp3) is 0.0833. The topological polar surface area (TPSA) is 80.4 Å². The van der Waals surface area contributed by atoms with E-state index in [4.69, 9.17) is 9.52 Å². The molecule has 0 atom stereocenters. The number of rotatable bonds is 3. The van der Waals surface area contributed by atoms with Crippen LogP contribution in [0.5, 0.6) is 0 Å². The van der Waals surface area contributed by atoms with Crippen LogP contribution in [-0.4, -0.2) is 21.8 Å². The number of ketones is 1. The van der Waals surface area contributed by atoms with Gasteiger partial charge in [-0.1, -0.05) is 0 Å². The lowest BCUT2D eigenvalue weighted by atomic mass is 10.1. The Hall–Kier alpha value is -2.43. The molecule has 0 radical (unpaired) electrons. The second kappa shape index (κ2) is 4.21. The summed E-state index contributed by atoms with van der Waals surface area (Å²) >= 11 is 0. The molecule has 2 heterocycles. The smallest absolute Gasteiger partial charge is 0.372 e. The van der Waals surface area contributed by atoms with Gasteiger partial charge in [-0.3, -0.25) is 9.78 Å². The van der Waals surface area contributed by atoms with Crippen molar-refractivity contribution in [2.45, 2.75) is 6.92 Å². The third-order valence-electron chi connectivity index (χ3n) is 2.31. The molecular formula is C12H9NO4. The van der Waals surface area contributed by atoms with E-state index < -0.39 is 5.97 Å². The highest BCUT2D eigenvalue weighted by atomic mass is 16.4. The number of Topliss-reactive ketones (excluding diaryl/α,β-unsaturated/α-hetero) is 1. The van der Waals surface area contributed by atoms with Crippen LogP contribution in [0.2, 0.25) is 0 Å². The van der Waals surface area contributed by atoms with Crippen LogP contribution in [0.25, 0.3) is 11.3 Å². The van der Waals surface area contributed by atoms with Gasteiger partial charge in [-0.15, -0.1) is 0 Å². The Morgan fingerprint density at radius 2 is 2.06 bits per heavy atom. The van der Waals surface area contributed by atoms with Crippen molar-refractivity contribution in [1.82, 2.24) is 4.98 Å². The van der Waals surface area contributed by atoms with E-state index in [0.29, 0.717) is 16.8 Å². The number of aromatic carboxylic acids is 1. The Kier molecular flexibility index (Phi) is 2.74. The molecule has 0 aliphatic carbocycles. The summed E-state index contributed by atoms with van der Waals surface area (Å²) in [5.74, 6) is -1.40. The molecule has 0 aliphatic heterocycles. The number of carboxylic acid groups (broad SMARTS) is 1. The third-order valence-corrected chi connectivity index (χ3v) is 2.31. The molecule has 0 amide bonds. The molecule has 0 spiro atoms. The molecule has 0 aromatic carbocycles. The minimum atomic E-state index is -1.15. The summed E-state index contributed by atoms with van der Waals surface area (Å²) in [6.45, 7) is 1.44. The van der Waals surface area contributed by atoms with E-state index >= 15 is 0 Å². The molecule has 0 bridgehead atoms. The van der Waals surface area contributed by atoms with Crippen molar-refractivity contribution >= 4 is 11.8 Å². The maximum absolute atomic E-state index is 11.1. The van der Waals surface area contributed by atoms with Gasteiger partial charge in [0.05, 0.1) is 17.5 Å². The van der Waals surface area contributed by atoms with Crippen LogP contribution in [0, 0.1) is 0 Å². The Bertz CT molecular complexity index is 568. The van der Waals surface area contributed by atoms with Gasteiger partial charge in [0.2, 0.25) is 5.76 Å². The summed E-state index contributed by atoms with van der Waals surface area (Å²) in [6, 6.07) is 4.72. The molecule has 86 valence electrons. The Morgan fingerprint density at radius 3 is 2.59 bits per heavy atom. The van der Waals surface area contributed by atoms with E-state index in [1.807, 2.05) is 0 Å². The van der Waals surface area contributed by atoms with E-state index in [-0.39, 0.29) is 11.5 Å². The van der Waals surface area contributed by atoms with Crippen molar-refractivity contribution in [3.63, 3.8) is 0 Å². The molecule has 0 unspecified atom stereocenters. The zero-order chi connectivity index (χ0) is 12.4. The largest absolute Gasteiger partial charge is 0.475 e. The van der Waals surface area contributed by atoms with E-state index in [0.717, 1.165) is 0 Å². The van der Waals surface area contributed by atoms with Gasteiger partial charge in [0.15, 0.2) is 5.78 Å². The monoisotopic (exact) mass is 231 g/mol. The summed E-state index contributed by atoms with van der Waals surface area (Å²) in [5.41, 5.74) is 1.34. The number of furan rings is 1. The quantitative estimate of drug-likeness (QED) is 0.819. The van der Waals surface area contributed by atoms with E-state index in [1.54, 1.807) is 12.1 Å². The maximum atomic E-state index is 11.1. The van der Waals surface area contributed by atoms with Crippen molar-refractivity contribution < 1.29 is 19.1 Å². The van der Waals surface area contributed by atoms with Crippen molar-refractivity contribution in [2.75, 3.05) is 0 Å². The van der Waals surface area contributed by atoms with E-state index in [9.17, 15) is 9.59 Å². The average Bonchev–Trinajstić information content (AvgIpc) is 2.78. The predicted molar refractivity (Wildman–Crippen MR) is 58.9 cm³/mol. The fourth-order valence-corrected chi connectivity index (χ4v) is 1.44. The van der Waals surface area contributed by atoms with Crippen LogP contribution < -0.4 is 0 Å². The molecule has 0 aliphatic rings. The molecule has 1 N–H and O–H groups in total. The predicted octanol–water partition coefficient (Wildman–Crippen LogP) is 2.24. The molecule has 5 nitrogen and oxygen atoms in total. The number of hydrogen-bond donors (Lipinski definition) is 1. The Balaban J connectivity index is 2.43. The number of aromatic nitrogens is 1. The van der Waals surface area contributed by atoms with Gasteiger partial charge >= 0.3 is 5.97 Å². The minimum Gasteiger partial charge on any atom is -0.475 e. The van der Waals surface area contributed by atoms with Crippen molar-refractivity contribution in [1.29, 1.82) is 0 Å². The maximum Gasteiger partial charge on any atom is 0.372 e. The Morgan fingerprint density at radius 1 is 1.29 bits per heavy atom. The molecular weight excluding hydrogens is 222 g/mol. The molecule has 2 aromatic rings. The Labute approximate surface area is 96.7 Å². The van der Waals surface area contributed by atoms with Crippen molar-refractivity contribution in [3.05, 3.63) is 42.0 Å². The SMILES string of the molecule is CC(=O)c1ccc(-c2ccoc2C(=O)O)nc1. The molecule has 2 aromatic heterocycles. The van der Waals surface area contributed by atoms with Crippen molar-refractivity contribution in [3.8, 4) is 11.3 Å². The summed E-state index contributed by atoms with van der Waals surface area (Å²) < 4.78 is 4.85. The highest BCUT2D eigenvalue weighted by Gasteiger charge is 2.16. The standard InChI is InChI=1S/C12H9NO4/c1-7(14)8-2-3-10(13-6-8)9-4-5-17-11(9)12(15)16/h2-6H,1H3,(H,15,16). The first-order valence-corrected chi connectivity index (χ1v) is 4.87. The van der Waals surface area contributed by atoms with Crippen LogP contribution in [0.1, 0.15) is 27.8 Å². The first kappa shape index (κ1) is 11.1. The summed E-state index contributed by atoms with van der Waals surface area (Å²) in [5, 5.41) is 8.88. The van der Waals surface area contributed by atoms with Gasteiger partial charge in [0.25, 0.3) is 0 Å². The highest BCUT2D eigenvalue weighted by molar-refractivity contribution is 5.95. The van der Waals surface area contributed by atoms with Gasteiger partial charge in [-0.05, 0) is 25.1 Å². The van der Waals surface area contributed by atoms with Gasteiger partial charge in [0, 0.05) is 11.8 Å². The summed E-state index contributed by atoms with van der Waals surface area (Å²) in [6.07, 6.45) is 2.70. The molecule has 0 fully saturated rings. The zero-order valence-electron chi connectivity index (χ0n) is 9.01. The zero-order valence-corrected chi connectivity index (χ0v) is 9.01. The summed E-state index contributed by atoms with van der Waals surface area (Å²) in [7, 11) is 0. The number of nitrogens with zero attached hydrogens (tertiary/aromatic N) is 1. The van der Waals surface area contributed by atoms with Crippen LogP contribution in [0.3, 0.4) is 0 Å². The number of hydrogen-bond acceptors (Lipinski definition) is 4. The van der Waals surface area contributed by atoms with E-state index in [2.05, 4.69) is 4.98 Å². The number of carboxylic acids is 1. The highest BCUT2D eigenvalue weighted by Crippen LogP contribution is 2.23. The third kappa shape index (κ3) is 2.08. The molecule has 0 saturated heterocycles. The lowest BCUT2D eigenvalue weighted by molar-refractivity contribution is 0.0663. The first-order valence-electron chi connectivity index (χ1n) is 4.87. The number of carbonyl (C=O) groups is 2. The van der Waals surface area contributed by atoms with Gasteiger partial charge < -0.3 is 9.52 Å². The average molecular weight is 231 g/mol. The van der Waals surface area contributed by atoms with Crippen LogP contribution in [-0.2, 0) is 0 Å². The van der Waals surface area contributed by atoms with Crippen LogP contribution in [0.4, 0.5) is 0 Å². The van der Waals surface area contributed by atoms with Gasteiger partial charge in [-0.2, -0.15) is 0 Å². The number of carbonyl (C=O) groups excluding carboxylic acids is 1. The molecule has 2 rings (SSSR count). The first-order chi connectivity index (χ1) is 8.09. The fourth-order valence-electron chi connectivity index (χ4n) is 1.44. The van der Waals surface area contributed by atoms with Gasteiger partial charge in [-0.25, -0.2) is 4.79 Å². The normalized spacial score (nSPS) is 10.2. The molecule has 17 heavy (non-hydrogen) atoms. The van der Waals surface area contributed by atoms with Crippen LogP contribution in [0.15, 0.2) is 35.1 Å². The molecule has 5 heteroatoms. The molecule has 0 saturated carbocycles. The van der Waals surface area contributed by atoms with E-state index in [1.165, 1.54) is 25.5 Å². The van der Waals surface area contributed by atoms with Crippen LogP contribution >= 0.6 is 0 Å². The minimum absolute atomic E-state index is 0.0882. The second-order valence-corrected chi connectivity index (χ2v) is 3.46. The van der Waals surface area contributed by atoms with Crippen molar-refractivity contribution in [2.24, 2.45) is 0 Å². The lowest BCUT2D eigenvalue weighted by Gasteiger charge is -1.99. The number of pyridine rings is 1. The lowest BCUT2D eigenvalue weighted by Crippen LogP contribution is -1.98. The second-order valence-electron chi connectivity index (χ2n) is 3.46. The summed E-state index contributed by atoms with van der Waals surface area (Å²) in [4.78, 5) is 26.0. The van der Waals surface area contributed by atoms with Gasteiger partial charge in [0.1, 0.15) is 0 Å².